The third kappa shape index (κ3) is 2.07. The van der Waals surface area contributed by atoms with E-state index in [1.54, 1.807) is 0 Å². The van der Waals surface area contributed by atoms with E-state index in [-0.39, 0.29) is 5.92 Å². The van der Waals surface area contributed by atoms with E-state index in [4.69, 9.17) is 4.74 Å². The summed E-state index contributed by atoms with van der Waals surface area (Å²) < 4.78 is 5.23. The van der Waals surface area contributed by atoms with Crippen molar-refractivity contribution in [1.29, 1.82) is 0 Å². The van der Waals surface area contributed by atoms with Gasteiger partial charge in [-0.25, -0.2) is 0 Å². The molecule has 2 rings (SSSR count). The summed E-state index contributed by atoms with van der Waals surface area (Å²) in [4.78, 5) is 16.2. The molecule has 2 fully saturated rings. The number of amides is 1. The quantitative estimate of drug-likeness (QED) is 0.585. The van der Waals surface area contributed by atoms with Crippen molar-refractivity contribution in [2.24, 2.45) is 5.92 Å². The van der Waals surface area contributed by atoms with Gasteiger partial charge in [0.1, 0.15) is 0 Å². The smallest absolute Gasteiger partial charge is 0.228 e. The summed E-state index contributed by atoms with van der Waals surface area (Å²) in [5, 5.41) is 0. The lowest BCUT2D eigenvalue weighted by Gasteiger charge is -2.33. The van der Waals surface area contributed by atoms with Crippen molar-refractivity contribution >= 4 is 5.91 Å². The molecule has 0 saturated carbocycles. The third-order valence-corrected chi connectivity index (χ3v) is 3.09. The number of rotatable bonds is 1. The highest BCUT2D eigenvalue weighted by molar-refractivity contribution is 5.79. The molecule has 4 nitrogen and oxygen atoms in total. The van der Waals surface area contributed by atoms with Crippen LogP contribution >= 0.6 is 0 Å². The number of likely N-dealkylation sites (N-methyl/N-ethyl adjacent to an activating group) is 1. The van der Waals surface area contributed by atoms with E-state index in [1.165, 1.54) is 0 Å². The molecule has 0 radical (unpaired) electrons. The molecular weight excluding hydrogens is 180 g/mol. The molecule has 1 amide bonds. The molecule has 0 aromatic carbocycles. The van der Waals surface area contributed by atoms with Crippen LogP contribution in [0.4, 0.5) is 0 Å². The summed E-state index contributed by atoms with van der Waals surface area (Å²) in [6, 6.07) is 0. The average Bonchev–Trinajstić information content (AvgIpc) is 2.71. The first-order valence-electron chi connectivity index (χ1n) is 5.32. The first-order chi connectivity index (χ1) is 6.77. The number of hydrogen-bond donors (Lipinski definition) is 0. The minimum absolute atomic E-state index is 0.137. The van der Waals surface area contributed by atoms with Crippen LogP contribution in [0, 0.1) is 5.92 Å². The molecular formula is C10H18N2O2. The maximum absolute atomic E-state index is 11.9. The molecule has 0 N–H and O–H groups in total. The van der Waals surface area contributed by atoms with Crippen molar-refractivity contribution in [3.8, 4) is 0 Å². The molecule has 2 saturated heterocycles. The molecule has 0 unspecified atom stereocenters. The number of piperazine rings is 1. The standard InChI is InChI=1S/C10H18N2O2/c1-11-3-5-12(6-4-11)10(13)9-2-7-14-8-9/h9H,2-8H2,1H3/t9-/m1/s1. The summed E-state index contributed by atoms with van der Waals surface area (Å²) in [5.74, 6) is 0.439. The van der Waals surface area contributed by atoms with E-state index in [2.05, 4.69) is 11.9 Å². The van der Waals surface area contributed by atoms with Gasteiger partial charge in [0.15, 0.2) is 0 Å². The van der Waals surface area contributed by atoms with E-state index >= 15 is 0 Å². The Balaban J connectivity index is 1.85. The summed E-state index contributed by atoms with van der Waals surface area (Å²) in [5.41, 5.74) is 0. The van der Waals surface area contributed by atoms with Crippen molar-refractivity contribution in [2.75, 3.05) is 46.4 Å². The van der Waals surface area contributed by atoms with Crippen LogP contribution in [0.1, 0.15) is 6.42 Å². The van der Waals surface area contributed by atoms with Gasteiger partial charge in [-0.05, 0) is 13.5 Å². The van der Waals surface area contributed by atoms with Crippen LogP contribution in [-0.2, 0) is 9.53 Å². The molecule has 2 aliphatic rings. The molecule has 4 heteroatoms. The Morgan fingerprint density at radius 1 is 1.29 bits per heavy atom. The van der Waals surface area contributed by atoms with Crippen LogP contribution in [0.25, 0.3) is 0 Å². The molecule has 0 aromatic rings. The predicted molar refractivity (Wildman–Crippen MR) is 53.0 cm³/mol. The molecule has 80 valence electrons. The van der Waals surface area contributed by atoms with Gasteiger partial charge in [0.2, 0.25) is 5.91 Å². The molecule has 14 heavy (non-hydrogen) atoms. The zero-order valence-electron chi connectivity index (χ0n) is 8.74. The van der Waals surface area contributed by atoms with Crippen LogP contribution in [0.2, 0.25) is 0 Å². The fourth-order valence-corrected chi connectivity index (χ4v) is 2.01. The van der Waals surface area contributed by atoms with Gasteiger partial charge >= 0.3 is 0 Å². The highest BCUT2D eigenvalue weighted by Crippen LogP contribution is 2.16. The molecule has 2 aliphatic heterocycles. The van der Waals surface area contributed by atoms with Crippen molar-refractivity contribution in [1.82, 2.24) is 9.80 Å². The average molecular weight is 198 g/mol. The van der Waals surface area contributed by atoms with Crippen molar-refractivity contribution in [2.45, 2.75) is 6.42 Å². The lowest BCUT2D eigenvalue weighted by atomic mass is 10.1. The first-order valence-corrected chi connectivity index (χ1v) is 5.32. The van der Waals surface area contributed by atoms with Gasteiger partial charge in [0.05, 0.1) is 12.5 Å². The van der Waals surface area contributed by atoms with Gasteiger partial charge in [-0.2, -0.15) is 0 Å². The Labute approximate surface area is 84.8 Å². The minimum Gasteiger partial charge on any atom is -0.381 e. The summed E-state index contributed by atoms with van der Waals surface area (Å²) in [6.45, 7) is 5.14. The number of hydrogen-bond acceptors (Lipinski definition) is 3. The molecule has 1 atom stereocenters. The fourth-order valence-electron chi connectivity index (χ4n) is 2.01. The van der Waals surface area contributed by atoms with Crippen molar-refractivity contribution < 1.29 is 9.53 Å². The Morgan fingerprint density at radius 2 is 2.00 bits per heavy atom. The normalized spacial score (nSPS) is 29.5. The van der Waals surface area contributed by atoms with Gasteiger partial charge in [-0.3, -0.25) is 4.79 Å². The second kappa shape index (κ2) is 4.28. The van der Waals surface area contributed by atoms with Gasteiger partial charge in [-0.15, -0.1) is 0 Å². The zero-order valence-corrected chi connectivity index (χ0v) is 8.74. The van der Waals surface area contributed by atoms with Crippen LogP contribution in [-0.4, -0.2) is 62.1 Å². The largest absolute Gasteiger partial charge is 0.381 e. The first kappa shape index (κ1) is 9.93. The predicted octanol–water partition coefficient (Wildman–Crippen LogP) is -0.203. The lowest BCUT2D eigenvalue weighted by molar-refractivity contribution is -0.137. The SMILES string of the molecule is CN1CCN(C(=O)[C@@H]2CCOC2)CC1. The van der Waals surface area contributed by atoms with Crippen LogP contribution < -0.4 is 0 Å². The molecule has 0 aromatic heterocycles. The van der Waals surface area contributed by atoms with Crippen molar-refractivity contribution in [3.05, 3.63) is 0 Å². The summed E-state index contributed by atoms with van der Waals surface area (Å²) in [6.07, 6.45) is 0.908. The maximum atomic E-state index is 11.9. The Kier molecular flexibility index (Phi) is 3.03. The van der Waals surface area contributed by atoms with Crippen molar-refractivity contribution in [3.63, 3.8) is 0 Å². The van der Waals surface area contributed by atoms with Gasteiger partial charge in [0.25, 0.3) is 0 Å². The fraction of sp³-hybridized carbons (Fsp3) is 0.900. The summed E-state index contributed by atoms with van der Waals surface area (Å²) >= 11 is 0. The molecule has 0 spiro atoms. The number of carbonyl (C=O) groups is 1. The van der Waals surface area contributed by atoms with E-state index in [9.17, 15) is 4.79 Å². The lowest BCUT2D eigenvalue weighted by Crippen LogP contribution is -2.49. The Morgan fingerprint density at radius 3 is 2.57 bits per heavy atom. The summed E-state index contributed by atoms with van der Waals surface area (Å²) in [7, 11) is 2.10. The highest BCUT2D eigenvalue weighted by atomic mass is 16.5. The monoisotopic (exact) mass is 198 g/mol. The Hall–Kier alpha value is -0.610. The zero-order chi connectivity index (χ0) is 9.97. The second-order valence-electron chi connectivity index (χ2n) is 4.19. The number of nitrogens with zero attached hydrogens (tertiary/aromatic N) is 2. The van der Waals surface area contributed by atoms with Gasteiger partial charge < -0.3 is 14.5 Å². The minimum atomic E-state index is 0.137. The van der Waals surface area contributed by atoms with Gasteiger partial charge in [0, 0.05) is 32.8 Å². The van der Waals surface area contributed by atoms with Gasteiger partial charge in [-0.1, -0.05) is 0 Å². The van der Waals surface area contributed by atoms with E-state index in [0.717, 1.165) is 39.2 Å². The Bertz CT molecular complexity index is 206. The highest BCUT2D eigenvalue weighted by Gasteiger charge is 2.29. The third-order valence-electron chi connectivity index (χ3n) is 3.09. The maximum Gasteiger partial charge on any atom is 0.228 e. The van der Waals surface area contributed by atoms with Crippen LogP contribution in [0.5, 0.6) is 0 Å². The molecule has 0 aliphatic carbocycles. The van der Waals surface area contributed by atoms with Crippen LogP contribution in [0.15, 0.2) is 0 Å². The molecule has 2 heterocycles. The number of ether oxygens (including phenoxy) is 1. The van der Waals surface area contributed by atoms with E-state index in [1.807, 2.05) is 4.90 Å². The topological polar surface area (TPSA) is 32.8 Å². The van der Waals surface area contributed by atoms with Crippen LogP contribution in [0.3, 0.4) is 0 Å². The number of carbonyl (C=O) groups excluding carboxylic acids is 1. The second-order valence-corrected chi connectivity index (χ2v) is 4.19. The van der Waals surface area contributed by atoms with E-state index < -0.39 is 0 Å². The molecule has 0 bridgehead atoms. The van der Waals surface area contributed by atoms with E-state index in [0.29, 0.717) is 12.5 Å².